The maximum atomic E-state index is 13.1. The molecule has 0 spiro atoms. The molecule has 0 atom stereocenters. The van der Waals surface area contributed by atoms with E-state index in [0.717, 1.165) is 32.2 Å². The van der Waals surface area contributed by atoms with Gasteiger partial charge in [0, 0.05) is 10.9 Å². The molecular weight excluding hydrogens is 482 g/mol. The summed E-state index contributed by atoms with van der Waals surface area (Å²) in [6.07, 6.45) is 1.56. The van der Waals surface area contributed by atoms with E-state index in [1.807, 2.05) is 67.6 Å². The highest BCUT2D eigenvalue weighted by atomic mass is 79.9. The van der Waals surface area contributed by atoms with E-state index in [2.05, 4.69) is 26.5 Å². The number of nitrogens with one attached hydrogen (secondary N) is 1. The Morgan fingerprint density at radius 1 is 1.09 bits per heavy atom. The Morgan fingerprint density at radius 3 is 2.61 bits per heavy atom. The fraction of sp³-hybridized carbons (Fsp3) is 0.115. The Hall–Kier alpha value is -3.71. The zero-order chi connectivity index (χ0) is 23.2. The number of halogens is 1. The number of amides is 1. The first-order chi connectivity index (χ1) is 16.1. The molecule has 0 aliphatic heterocycles. The second-order valence-electron chi connectivity index (χ2n) is 7.10. The fourth-order valence-electron chi connectivity index (χ4n) is 3.47. The van der Waals surface area contributed by atoms with Crippen LogP contribution < -0.4 is 14.9 Å². The minimum absolute atomic E-state index is 0.320. The molecule has 1 N–H and O–H groups in total. The smallest absolute Gasteiger partial charge is 0.272 e. The summed E-state index contributed by atoms with van der Waals surface area (Å²) in [5, 5.41) is 4.92. The molecule has 0 bridgehead atoms. The van der Waals surface area contributed by atoms with Crippen LogP contribution in [0.1, 0.15) is 22.8 Å². The van der Waals surface area contributed by atoms with Gasteiger partial charge in [-0.3, -0.25) is 4.79 Å². The summed E-state index contributed by atoms with van der Waals surface area (Å²) in [6, 6.07) is 22.8. The van der Waals surface area contributed by atoms with Crippen molar-refractivity contribution in [2.75, 3.05) is 13.7 Å². The molecule has 0 saturated carbocycles. The normalized spacial score (nSPS) is 11.0. The van der Waals surface area contributed by atoms with Crippen molar-refractivity contribution < 1.29 is 14.3 Å². The van der Waals surface area contributed by atoms with E-state index in [0.29, 0.717) is 23.7 Å². The van der Waals surface area contributed by atoms with Gasteiger partial charge in [0.2, 0.25) is 0 Å². The minimum Gasteiger partial charge on any atom is -0.492 e. The standard InChI is InChI=1S/C26H22BrN3O3/c1-3-33-24-14-17(13-21(27)25(24)32-2)16-28-30-26(31)20-15-23(18-9-5-4-6-10-18)29-22-12-8-7-11-19(20)22/h4-16H,3H2,1-2H3,(H,30,31)/b28-16-. The van der Waals surface area contributed by atoms with Crippen molar-refractivity contribution >= 4 is 39.0 Å². The van der Waals surface area contributed by atoms with Gasteiger partial charge in [-0.2, -0.15) is 5.10 Å². The van der Waals surface area contributed by atoms with Crippen molar-refractivity contribution in [3.8, 4) is 22.8 Å². The van der Waals surface area contributed by atoms with Crippen LogP contribution >= 0.6 is 15.9 Å². The van der Waals surface area contributed by atoms with E-state index in [9.17, 15) is 4.79 Å². The lowest BCUT2D eigenvalue weighted by molar-refractivity contribution is 0.0956. The number of carbonyl (C=O) groups excluding carboxylic acids is 1. The van der Waals surface area contributed by atoms with E-state index in [1.165, 1.54) is 0 Å². The van der Waals surface area contributed by atoms with Crippen molar-refractivity contribution in [1.82, 2.24) is 10.4 Å². The number of fused-ring (bicyclic) bond motifs is 1. The SMILES string of the molecule is CCOc1cc(/C=N\NC(=O)c2cc(-c3ccccc3)nc3ccccc23)cc(Br)c1OC. The number of hydrogen-bond donors (Lipinski definition) is 1. The summed E-state index contributed by atoms with van der Waals surface area (Å²) in [5.74, 6) is 0.879. The lowest BCUT2D eigenvalue weighted by atomic mass is 10.0. The Kier molecular flexibility index (Phi) is 7.00. The highest BCUT2D eigenvalue weighted by Gasteiger charge is 2.14. The van der Waals surface area contributed by atoms with Crippen LogP contribution in [0.3, 0.4) is 0 Å². The first kappa shape index (κ1) is 22.5. The zero-order valence-electron chi connectivity index (χ0n) is 18.2. The summed E-state index contributed by atoms with van der Waals surface area (Å²) in [4.78, 5) is 17.8. The highest BCUT2D eigenvalue weighted by Crippen LogP contribution is 2.36. The number of nitrogens with zero attached hydrogens (tertiary/aromatic N) is 2. The maximum Gasteiger partial charge on any atom is 0.272 e. The van der Waals surface area contributed by atoms with Crippen LogP contribution in [0.15, 0.2) is 82.4 Å². The molecule has 1 heterocycles. The number of hydrazone groups is 1. The van der Waals surface area contributed by atoms with Crippen LogP contribution in [0.5, 0.6) is 11.5 Å². The molecule has 0 fully saturated rings. The first-order valence-electron chi connectivity index (χ1n) is 10.4. The molecule has 166 valence electrons. The second-order valence-corrected chi connectivity index (χ2v) is 7.96. The van der Waals surface area contributed by atoms with Crippen molar-refractivity contribution in [1.29, 1.82) is 0 Å². The number of rotatable bonds is 7. The Bertz CT molecular complexity index is 1320. The van der Waals surface area contributed by atoms with Crippen molar-refractivity contribution in [2.24, 2.45) is 5.10 Å². The van der Waals surface area contributed by atoms with Crippen LogP contribution in [-0.4, -0.2) is 30.8 Å². The van der Waals surface area contributed by atoms with E-state index in [-0.39, 0.29) is 5.91 Å². The lowest BCUT2D eigenvalue weighted by Gasteiger charge is -2.12. The number of ether oxygens (including phenoxy) is 2. The molecule has 4 rings (SSSR count). The van der Waals surface area contributed by atoms with Crippen LogP contribution in [-0.2, 0) is 0 Å². The largest absolute Gasteiger partial charge is 0.492 e. The van der Waals surface area contributed by atoms with Gasteiger partial charge in [0.1, 0.15) is 0 Å². The predicted octanol–water partition coefficient (Wildman–Crippen LogP) is 5.84. The number of para-hydroxylation sites is 1. The monoisotopic (exact) mass is 503 g/mol. The third-order valence-electron chi connectivity index (χ3n) is 4.95. The predicted molar refractivity (Wildman–Crippen MR) is 134 cm³/mol. The minimum atomic E-state index is -0.320. The summed E-state index contributed by atoms with van der Waals surface area (Å²) in [6.45, 7) is 2.40. The summed E-state index contributed by atoms with van der Waals surface area (Å²) in [5.41, 5.74) is 6.29. The quantitative estimate of drug-likeness (QED) is 0.254. The Balaban J connectivity index is 1.63. The van der Waals surface area contributed by atoms with Gasteiger partial charge in [0.05, 0.1) is 41.2 Å². The average Bonchev–Trinajstić information content (AvgIpc) is 2.84. The third kappa shape index (κ3) is 5.04. The molecule has 6 nitrogen and oxygen atoms in total. The Labute approximate surface area is 200 Å². The van der Waals surface area contributed by atoms with Gasteiger partial charge in [-0.1, -0.05) is 48.5 Å². The van der Waals surface area contributed by atoms with Gasteiger partial charge in [-0.25, -0.2) is 10.4 Å². The van der Waals surface area contributed by atoms with Gasteiger partial charge in [-0.05, 0) is 52.7 Å². The molecule has 1 aromatic heterocycles. The van der Waals surface area contributed by atoms with E-state index >= 15 is 0 Å². The average molecular weight is 504 g/mol. The van der Waals surface area contributed by atoms with Crippen LogP contribution in [0.2, 0.25) is 0 Å². The first-order valence-corrected chi connectivity index (χ1v) is 11.2. The molecule has 0 unspecified atom stereocenters. The molecular formula is C26H22BrN3O3. The molecule has 0 aliphatic carbocycles. The highest BCUT2D eigenvalue weighted by molar-refractivity contribution is 9.10. The number of methoxy groups -OCH3 is 1. The molecule has 0 aliphatic rings. The summed E-state index contributed by atoms with van der Waals surface area (Å²) >= 11 is 3.48. The van der Waals surface area contributed by atoms with Crippen LogP contribution in [0, 0.1) is 0 Å². The van der Waals surface area contributed by atoms with Crippen molar-refractivity contribution in [3.05, 3.63) is 88.4 Å². The van der Waals surface area contributed by atoms with Crippen molar-refractivity contribution in [3.63, 3.8) is 0 Å². The molecule has 0 saturated heterocycles. The number of aromatic nitrogens is 1. The van der Waals surface area contributed by atoms with Gasteiger partial charge < -0.3 is 9.47 Å². The fourth-order valence-corrected chi connectivity index (χ4v) is 4.09. The van der Waals surface area contributed by atoms with Gasteiger partial charge in [0.25, 0.3) is 5.91 Å². The van der Waals surface area contributed by atoms with Gasteiger partial charge >= 0.3 is 0 Å². The van der Waals surface area contributed by atoms with Crippen LogP contribution in [0.4, 0.5) is 0 Å². The van der Waals surface area contributed by atoms with E-state index in [4.69, 9.17) is 14.5 Å². The Morgan fingerprint density at radius 2 is 1.85 bits per heavy atom. The molecule has 7 heteroatoms. The lowest BCUT2D eigenvalue weighted by Crippen LogP contribution is -2.18. The molecule has 33 heavy (non-hydrogen) atoms. The number of hydrogen-bond acceptors (Lipinski definition) is 5. The van der Waals surface area contributed by atoms with Gasteiger partial charge in [-0.15, -0.1) is 0 Å². The molecule has 1 amide bonds. The number of benzene rings is 3. The summed E-state index contributed by atoms with van der Waals surface area (Å²) in [7, 11) is 1.58. The third-order valence-corrected chi connectivity index (χ3v) is 5.53. The molecule has 0 radical (unpaired) electrons. The summed E-state index contributed by atoms with van der Waals surface area (Å²) < 4.78 is 11.8. The topological polar surface area (TPSA) is 72.8 Å². The van der Waals surface area contributed by atoms with Crippen molar-refractivity contribution in [2.45, 2.75) is 6.92 Å². The maximum absolute atomic E-state index is 13.1. The number of carbonyl (C=O) groups is 1. The van der Waals surface area contributed by atoms with E-state index < -0.39 is 0 Å². The second kappa shape index (κ2) is 10.3. The molecule has 3 aromatic carbocycles. The van der Waals surface area contributed by atoms with Crippen LogP contribution in [0.25, 0.3) is 22.2 Å². The number of pyridine rings is 1. The van der Waals surface area contributed by atoms with Gasteiger partial charge in [0.15, 0.2) is 11.5 Å². The van der Waals surface area contributed by atoms with E-state index in [1.54, 1.807) is 25.5 Å². The zero-order valence-corrected chi connectivity index (χ0v) is 19.8. The molecule has 4 aromatic rings.